The number of benzene rings is 4. The molecule has 202 valence electrons. The Hall–Kier alpha value is -5.30. The van der Waals surface area contributed by atoms with Gasteiger partial charge in [0, 0.05) is 17.5 Å². The van der Waals surface area contributed by atoms with Gasteiger partial charge in [0.05, 0.1) is 24.2 Å². The topological polar surface area (TPSA) is 87.6 Å². The van der Waals surface area contributed by atoms with Gasteiger partial charge in [-0.2, -0.15) is 15.2 Å². The summed E-state index contributed by atoms with van der Waals surface area (Å²) in [6.45, 7) is 2.02. The van der Waals surface area contributed by atoms with Crippen LogP contribution in [0.1, 0.15) is 33.7 Å². The smallest absolute Gasteiger partial charge is 0.268 e. The molecule has 0 saturated carbocycles. The number of aromatic nitrogens is 2. The third-order valence-electron chi connectivity index (χ3n) is 7.29. The number of hydrazone groups is 1. The van der Waals surface area contributed by atoms with Crippen LogP contribution in [-0.4, -0.2) is 28.9 Å². The van der Waals surface area contributed by atoms with Gasteiger partial charge in [0.25, 0.3) is 11.5 Å². The predicted molar refractivity (Wildman–Crippen MR) is 160 cm³/mol. The average Bonchev–Trinajstić information content (AvgIpc) is 3.35. The fourth-order valence-corrected chi connectivity index (χ4v) is 5.18. The molecule has 1 unspecified atom stereocenters. The molecule has 1 N–H and O–H groups in total. The number of nitrogens with zero attached hydrogens (tertiary/aromatic N) is 3. The number of methoxy groups -OCH3 is 1. The molecule has 1 aliphatic rings. The molecule has 0 fully saturated rings. The minimum absolute atomic E-state index is 0.294. The number of aryl methyl sites for hydroxylation is 1. The molecular weight excluding hydrogens is 512 g/mol. The fourth-order valence-electron chi connectivity index (χ4n) is 5.18. The Morgan fingerprint density at radius 1 is 0.805 bits per heavy atom. The van der Waals surface area contributed by atoms with Gasteiger partial charge in [0.1, 0.15) is 11.7 Å². The lowest BCUT2D eigenvalue weighted by atomic mass is 9.84. The van der Waals surface area contributed by atoms with Crippen LogP contribution in [-0.2, 0) is 11.2 Å². The first-order valence-electron chi connectivity index (χ1n) is 13.4. The molecule has 4 aromatic carbocycles. The molecule has 7 heteroatoms. The van der Waals surface area contributed by atoms with Gasteiger partial charge in [0.15, 0.2) is 0 Å². The van der Waals surface area contributed by atoms with Gasteiger partial charge >= 0.3 is 0 Å². The van der Waals surface area contributed by atoms with Crippen LogP contribution in [0.3, 0.4) is 0 Å². The van der Waals surface area contributed by atoms with Crippen molar-refractivity contribution in [2.45, 2.75) is 19.3 Å². The predicted octanol–water partition coefficient (Wildman–Crippen LogP) is 5.88. The summed E-state index contributed by atoms with van der Waals surface area (Å²) in [6, 6.07) is 34.5. The van der Waals surface area contributed by atoms with E-state index in [1.807, 2.05) is 116 Å². The highest BCUT2D eigenvalue weighted by Gasteiger charge is 2.42. The van der Waals surface area contributed by atoms with E-state index in [1.165, 1.54) is 5.01 Å². The molecule has 2 heterocycles. The van der Waals surface area contributed by atoms with Crippen molar-refractivity contribution in [3.05, 3.63) is 147 Å². The van der Waals surface area contributed by atoms with Crippen LogP contribution in [0.5, 0.6) is 5.75 Å². The third-order valence-corrected chi connectivity index (χ3v) is 7.29. The second-order valence-electron chi connectivity index (χ2n) is 9.95. The number of hydrogen-bond donors (Lipinski definition) is 1. The van der Waals surface area contributed by atoms with E-state index in [0.717, 1.165) is 28.0 Å². The first kappa shape index (κ1) is 26.0. The molecule has 5 aromatic rings. The van der Waals surface area contributed by atoms with E-state index in [1.54, 1.807) is 7.11 Å². The van der Waals surface area contributed by atoms with Gasteiger partial charge < -0.3 is 4.74 Å². The number of para-hydroxylation sites is 1. The highest BCUT2D eigenvalue weighted by atomic mass is 16.5. The summed E-state index contributed by atoms with van der Waals surface area (Å²) < 4.78 is 5.35. The zero-order valence-corrected chi connectivity index (χ0v) is 22.7. The number of H-pyrrole nitrogens is 1. The molecule has 41 heavy (non-hydrogen) atoms. The molecule has 0 aliphatic carbocycles. The van der Waals surface area contributed by atoms with Crippen molar-refractivity contribution in [2.75, 3.05) is 12.1 Å². The molecule has 7 nitrogen and oxygen atoms in total. The average molecular weight is 541 g/mol. The van der Waals surface area contributed by atoms with Crippen LogP contribution in [0.15, 0.2) is 119 Å². The monoisotopic (exact) mass is 540 g/mol. The van der Waals surface area contributed by atoms with E-state index in [-0.39, 0.29) is 5.91 Å². The number of amides is 1. The van der Waals surface area contributed by atoms with Crippen molar-refractivity contribution in [3.8, 4) is 17.0 Å². The van der Waals surface area contributed by atoms with E-state index in [2.05, 4.69) is 10.2 Å². The molecule has 1 atom stereocenters. The van der Waals surface area contributed by atoms with Crippen LogP contribution in [0.4, 0.5) is 5.69 Å². The number of carbonyl (C=O) groups is 1. The lowest BCUT2D eigenvalue weighted by Gasteiger charge is -2.19. The SMILES string of the molecule is COc1ccc(Cc2c(-c3ccc(C)cc3)n[nH]c(=O)c2C2C(=O)N(c3ccccc3)N=C2c2ccccc2)cc1. The Morgan fingerprint density at radius 2 is 1.46 bits per heavy atom. The fraction of sp³-hybridized carbons (Fsp3) is 0.118. The van der Waals surface area contributed by atoms with E-state index in [4.69, 9.17) is 9.84 Å². The second-order valence-corrected chi connectivity index (χ2v) is 9.95. The molecular formula is C34H28N4O3. The first-order chi connectivity index (χ1) is 20.0. The number of rotatable bonds is 7. The molecule has 0 spiro atoms. The quantitative estimate of drug-likeness (QED) is 0.279. The molecule has 0 saturated heterocycles. The summed E-state index contributed by atoms with van der Waals surface area (Å²) in [5, 5.41) is 13.4. The van der Waals surface area contributed by atoms with Crippen LogP contribution in [0.2, 0.25) is 0 Å². The second kappa shape index (κ2) is 11.1. The van der Waals surface area contributed by atoms with Crippen LogP contribution in [0, 0.1) is 6.92 Å². The van der Waals surface area contributed by atoms with Gasteiger partial charge in [0.2, 0.25) is 0 Å². The maximum absolute atomic E-state index is 14.2. The summed E-state index contributed by atoms with van der Waals surface area (Å²) >= 11 is 0. The molecule has 1 amide bonds. The molecule has 6 rings (SSSR count). The van der Waals surface area contributed by atoms with Crippen molar-refractivity contribution in [1.29, 1.82) is 0 Å². The van der Waals surface area contributed by atoms with E-state index in [9.17, 15) is 9.59 Å². The molecule has 0 radical (unpaired) electrons. The maximum Gasteiger partial charge on any atom is 0.268 e. The van der Waals surface area contributed by atoms with Crippen molar-refractivity contribution in [1.82, 2.24) is 10.2 Å². The summed E-state index contributed by atoms with van der Waals surface area (Å²) in [6.07, 6.45) is 0.386. The van der Waals surface area contributed by atoms with Gasteiger partial charge in [-0.05, 0) is 47.9 Å². The molecule has 1 aromatic heterocycles. The number of nitrogens with one attached hydrogen (secondary N) is 1. The van der Waals surface area contributed by atoms with E-state index < -0.39 is 11.5 Å². The summed E-state index contributed by atoms with van der Waals surface area (Å²) in [7, 11) is 1.62. The number of aromatic amines is 1. The summed E-state index contributed by atoms with van der Waals surface area (Å²) in [5.74, 6) is -0.487. The van der Waals surface area contributed by atoms with Crippen molar-refractivity contribution in [3.63, 3.8) is 0 Å². The highest BCUT2D eigenvalue weighted by Crippen LogP contribution is 2.36. The normalized spacial score (nSPS) is 14.7. The summed E-state index contributed by atoms with van der Waals surface area (Å²) in [4.78, 5) is 28.0. The Balaban J connectivity index is 1.57. The number of hydrogen-bond acceptors (Lipinski definition) is 5. The Bertz CT molecular complexity index is 1780. The Kier molecular flexibility index (Phi) is 7.00. The highest BCUT2D eigenvalue weighted by molar-refractivity contribution is 6.25. The van der Waals surface area contributed by atoms with Gasteiger partial charge in [-0.15, -0.1) is 0 Å². The maximum atomic E-state index is 14.2. The van der Waals surface area contributed by atoms with Crippen LogP contribution >= 0.6 is 0 Å². The van der Waals surface area contributed by atoms with E-state index >= 15 is 0 Å². The number of carbonyl (C=O) groups excluding carboxylic acids is 1. The van der Waals surface area contributed by atoms with Crippen LogP contribution in [0.25, 0.3) is 11.3 Å². The van der Waals surface area contributed by atoms with Crippen molar-refractivity contribution >= 4 is 17.3 Å². The third kappa shape index (κ3) is 5.05. The lowest BCUT2D eigenvalue weighted by molar-refractivity contribution is -0.118. The zero-order valence-electron chi connectivity index (χ0n) is 22.7. The minimum atomic E-state index is -0.929. The Labute approximate surface area is 237 Å². The van der Waals surface area contributed by atoms with Gasteiger partial charge in [-0.25, -0.2) is 5.10 Å². The summed E-state index contributed by atoms with van der Waals surface area (Å²) in [5.41, 5.74) is 6.06. The molecule has 1 aliphatic heterocycles. The number of anilines is 1. The minimum Gasteiger partial charge on any atom is -0.497 e. The largest absolute Gasteiger partial charge is 0.497 e. The molecule has 0 bridgehead atoms. The Morgan fingerprint density at radius 3 is 2.12 bits per heavy atom. The van der Waals surface area contributed by atoms with Crippen molar-refractivity contribution in [2.24, 2.45) is 5.10 Å². The first-order valence-corrected chi connectivity index (χ1v) is 13.4. The van der Waals surface area contributed by atoms with Crippen molar-refractivity contribution < 1.29 is 9.53 Å². The van der Waals surface area contributed by atoms with Gasteiger partial charge in [-0.3, -0.25) is 9.59 Å². The van der Waals surface area contributed by atoms with Gasteiger partial charge in [-0.1, -0.05) is 90.5 Å². The lowest BCUT2D eigenvalue weighted by Crippen LogP contribution is -2.32. The van der Waals surface area contributed by atoms with Crippen LogP contribution < -0.4 is 15.3 Å². The number of ether oxygens (including phenoxy) is 1. The zero-order chi connectivity index (χ0) is 28.3. The van der Waals surface area contributed by atoms with E-state index in [0.29, 0.717) is 34.6 Å². The standard InChI is InChI=1S/C34H28N4O3/c1-22-13-17-25(18-14-22)31-28(21-23-15-19-27(41-2)20-16-23)29(33(39)36-35-31)30-32(24-9-5-3-6-10-24)37-38(34(30)40)26-11-7-4-8-12-26/h3-20,30H,21H2,1-2H3,(H,36,39).